The number of rotatable bonds is 1. The first-order valence-corrected chi connectivity index (χ1v) is 4.92. The van der Waals surface area contributed by atoms with Gasteiger partial charge in [0.15, 0.2) is 0 Å². The van der Waals surface area contributed by atoms with Gasteiger partial charge in [-0.05, 0) is 11.0 Å². The summed E-state index contributed by atoms with van der Waals surface area (Å²) in [6.07, 6.45) is 14.7. The molecule has 0 amide bonds. The summed E-state index contributed by atoms with van der Waals surface area (Å²) < 4.78 is 0. The van der Waals surface area contributed by atoms with Crippen molar-refractivity contribution in [3.8, 4) is 12.3 Å². The zero-order valence-corrected chi connectivity index (χ0v) is 9.30. The van der Waals surface area contributed by atoms with E-state index in [0.717, 1.165) is 12.0 Å². The summed E-state index contributed by atoms with van der Waals surface area (Å²) in [6.45, 7) is 10.5. The van der Waals surface area contributed by atoms with Crippen molar-refractivity contribution >= 4 is 0 Å². The maximum Gasteiger partial charge on any atom is 0.0225 e. The van der Waals surface area contributed by atoms with Crippen molar-refractivity contribution in [3.05, 3.63) is 36.5 Å². The highest BCUT2D eigenvalue weighted by Crippen LogP contribution is 2.46. The third-order valence-electron chi connectivity index (χ3n) is 2.98. The van der Waals surface area contributed by atoms with E-state index >= 15 is 0 Å². The molecule has 0 atom stereocenters. The molecule has 1 aliphatic carbocycles. The average Bonchev–Trinajstić information content (AvgIpc) is 2.07. The summed E-state index contributed by atoms with van der Waals surface area (Å²) in [5.41, 5.74) is 1.18. The van der Waals surface area contributed by atoms with Gasteiger partial charge in [0.2, 0.25) is 0 Å². The van der Waals surface area contributed by atoms with Gasteiger partial charge in [-0.1, -0.05) is 51.7 Å². The molecule has 14 heavy (non-hydrogen) atoms. The zero-order valence-electron chi connectivity index (χ0n) is 9.30. The maximum absolute atomic E-state index is 5.44. The Morgan fingerprint density at radius 3 is 2.21 bits per heavy atom. The summed E-state index contributed by atoms with van der Waals surface area (Å²) >= 11 is 0. The highest BCUT2D eigenvalue weighted by Gasteiger charge is 2.37. The third kappa shape index (κ3) is 1.82. The number of hydrogen-bond acceptors (Lipinski definition) is 0. The molecule has 0 N–H and O–H groups in total. The van der Waals surface area contributed by atoms with Gasteiger partial charge in [-0.3, -0.25) is 0 Å². The van der Waals surface area contributed by atoms with Crippen LogP contribution >= 0.6 is 0 Å². The molecule has 1 aliphatic rings. The molecule has 0 fully saturated rings. The van der Waals surface area contributed by atoms with Gasteiger partial charge in [0.05, 0.1) is 0 Å². The molecule has 0 heteroatoms. The van der Waals surface area contributed by atoms with Crippen LogP contribution in [0.1, 0.15) is 27.2 Å². The lowest BCUT2D eigenvalue weighted by Crippen LogP contribution is -2.32. The normalized spacial score (nSPS) is 19.4. The molecule has 0 unspecified atom stereocenters. The Bertz CT molecular complexity index is 310. The van der Waals surface area contributed by atoms with Crippen LogP contribution < -0.4 is 0 Å². The summed E-state index contributed by atoms with van der Waals surface area (Å²) in [5, 5.41) is 0. The highest BCUT2D eigenvalue weighted by molar-refractivity contribution is 5.38. The second-order valence-corrected chi connectivity index (χ2v) is 4.91. The molecule has 0 nitrogen and oxygen atoms in total. The fraction of sp³-hybridized carbons (Fsp3) is 0.429. The molecule has 0 aromatic carbocycles. The minimum absolute atomic E-state index is 0.0110. The predicted molar refractivity (Wildman–Crippen MR) is 62.8 cm³/mol. The predicted octanol–water partition coefficient (Wildman–Crippen LogP) is 3.72. The van der Waals surface area contributed by atoms with Crippen LogP contribution in [0.15, 0.2) is 36.5 Å². The minimum atomic E-state index is -0.0110. The molecule has 0 aliphatic heterocycles. The van der Waals surface area contributed by atoms with E-state index in [1.807, 2.05) is 0 Å². The van der Waals surface area contributed by atoms with Crippen LogP contribution in [0.5, 0.6) is 0 Å². The largest absolute Gasteiger partial charge is 0.120 e. The van der Waals surface area contributed by atoms with Crippen molar-refractivity contribution in [2.75, 3.05) is 0 Å². The molecule has 0 aromatic heterocycles. The minimum Gasteiger partial charge on any atom is -0.120 e. The number of terminal acetylenes is 1. The van der Waals surface area contributed by atoms with Crippen molar-refractivity contribution in [1.29, 1.82) is 0 Å². The van der Waals surface area contributed by atoms with E-state index in [1.54, 1.807) is 0 Å². The third-order valence-corrected chi connectivity index (χ3v) is 2.98. The second-order valence-electron chi connectivity index (χ2n) is 4.91. The fourth-order valence-electron chi connectivity index (χ4n) is 1.67. The molecule has 0 saturated heterocycles. The van der Waals surface area contributed by atoms with Crippen LogP contribution in [0.25, 0.3) is 0 Å². The molecule has 0 spiro atoms. The summed E-state index contributed by atoms with van der Waals surface area (Å²) in [6, 6.07) is 0. The molecule has 0 bridgehead atoms. The molecule has 74 valence electrons. The van der Waals surface area contributed by atoms with Crippen LogP contribution in [-0.4, -0.2) is 0 Å². The van der Waals surface area contributed by atoms with Crippen molar-refractivity contribution < 1.29 is 0 Å². The Morgan fingerprint density at radius 1 is 1.36 bits per heavy atom. The summed E-state index contributed by atoms with van der Waals surface area (Å²) in [7, 11) is 0. The fourth-order valence-corrected chi connectivity index (χ4v) is 1.67. The van der Waals surface area contributed by atoms with E-state index in [1.165, 1.54) is 0 Å². The van der Waals surface area contributed by atoms with Crippen molar-refractivity contribution in [2.45, 2.75) is 27.2 Å². The summed E-state index contributed by atoms with van der Waals surface area (Å²) in [5.74, 6) is 2.77. The van der Waals surface area contributed by atoms with Gasteiger partial charge < -0.3 is 0 Å². The van der Waals surface area contributed by atoms with Gasteiger partial charge in [0, 0.05) is 11.8 Å². The van der Waals surface area contributed by atoms with Gasteiger partial charge in [0.25, 0.3) is 0 Å². The van der Waals surface area contributed by atoms with Gasteiger partial charge in [-0.2, -0.15) is 0 Å². The van der Waals surface area contributed by atoms with Crippen LogP contribution in [0.3, 0.4) is 0 Å². The van der Waals surface area contributed by atoms with Crippen LogP contribution in [0.4, 0.5) is 0 Å². The van der Waals surface area contributed by atoms with E-state index in [9.17, 15) is 0 Å². The summed E-state index contributed by atoms with van der Waals surface area (Å²) in [4.78, 5) is 0. The van der Waals surface area contributed by atoms with E-state index in [4.69, 9.17) is 6.42 Å². The monoisotopic (exact) mass is 186 g/mol. The average molecular weight is 186 g/mol. The van der Waals surface area contributed by atoms with Crippen LogP contribution in [-0.2, 0) is 0 Å². The lowest BCUT2D eigenvalue weighted by molar-refractivity contribution is 0.209. The van der Waals surface area contributed by atoms with Crippen LogP contribution in [0, 0.1) is 23.2 Å². The lowest BCUT2D eigenvalue weighted by atomic mass is 9.63. The van der Waals surface area contributed by atoms with Crippen LogP contribution in [0.2, 0.25) is 0 Å². The Morgan fingerprint density at radius 2 is 1.86 bits per heavy atom. The van der Waals surface area contributed by atoms with E-state index in [-0.39, 0.29) is 10.8 Å². The highest BCUT2D eigenvalue weighted by atomic mass is 14.4. The first-order chi connectivity index (χ1) is 6.41. The topological polar surface area (TPSA) is 0 Å². The van der Waals surface area contributed by atoms with Gasteiger partial charge in [0.1, 0.15) is 0 Å². The quantitative estimate of drug-likeness (QED) is 0.547. The SMILES string of the molecule is C#CCC1(C(C)(C)C)C=CC(=C)C=C1. The van der Waals surface area contributed by atoms with E-state index < -0.39 is 0 Å². The van der Waals surface area contributed by atoms with Gasteiger partial charge in [-0.25, -0.2) is 0 Å². The van der Waals surface area contributed by atoms with Crippen molar-refractivity contribution in [1.82, 2.24) is 0 Å². The van der Waals surface area contributed by atoms with E-state index in [2.05, 4.69) is 57.6 Å². The maximum atomic E-state index is 5.44. The lowest BCUT2D eigenvalue weighted by Gasteiger charge is -2.40. The Hall–Kier alpha value is -1.22. The Kier molecular flexibility index (Phi) is 2.71. The van der Waals surface area contributed by atoms with Gasteiger partial charge >= 0.3 is 0 Å². The van der Waals surface area contributed by atoms with E-state index in [0.29, 0.717) is 0 Å². The molecule has 0 heterocycles. The molecular formula is C14H18. The molecule has 0 saturated carbocycles. The zero-order chi connectivity index (χ0) is 10.8. The first kappa shape index (κ1) is 10.9. The first-order valence-electron chi connectivity index (χ1n) is 4.92. The molecule has 1 rings (SSSR count). The molecular weight excluding hydrogens is 168 g/mol. The van der Waals surface area contributed by atoms with Crippen molar-refractivity contribution in [3.63, 3.8) is 0 Å². The van der Waals surface area contributed by atoms with Crippen molar-refractivity contribution in [2.24, 2.45) is 10.8 Å². The number of hydrogen-bond donors (Lipinski definition) is 0. The molecule has 0 aromatic rings. The second kappa shape index (κ2) is 3.50. The smallest absolute Gasteiger partial charge is 0.0225 e. The Balaban J connectivity index is 3.09. The number of allylic oxidation sites excluding steroid dienone is 5. The van der Waals surface area contributed by atoms with Gasteiger partial charge in [-0.15, -0.1) is 12.3 Å². The standard InChI is InChI=1S/C14H18/c1-6-9-14(13(3,4)5)10-7-12(2)8-11-14/h1,7-8,10-11H,2,9H2,3-5H3. The molecule has 0 radical (unpaired) electrons. The Labute approximate surface area is 87.4 Å².